The van der Waals surface area contributed by atoms with Crippen molar-refractivity contribution in [2.24, 2.45) is 17.1 Å². The predicted octanol–water partition coefficient (Wildman–Crippen LogP) is 2.44. The lowest BCUT2D eigenvalue weighted by Crippen LogP contribution is -2.57. The van der Waals surface area contributed by atoms with Crippen molar-refractivity contribution in [2.75, 3.05) is 25.0 Å². The Labute approximate surface area is 287 Å². The van der Waals surface area contributed by atoms with Gasteiger partial charge in [0, 0.05) is 48.4 Å². The molecule has 5 N–H and O–H groups in total. The lowest BCUT2D eigenvalue weighted by molar-refractivity contribution is -0.252. The first-order valence-corrected chi connectivity index (χ1v) is 16.3. The summed E-state index contributed by atoms with van der Waals surface area (Å²) in [5, 5.41) is 23.6. The van der Waals surface area contributed by atoms with Crippen LogP contribution in [0, 0.1) is 17.2 Å². The van der Waals surface area contributed by atoms with E-state index < -0.39 is 41.7 Å². The topological polar surface area (TPSA) is 195 Å². The third kappa shape index (κ3) is 8.57. The molecule has 0 bridgehead atoms. The standard InChI is InChI=1S/C33H40ClFN8O6/c1-33(2,3)19-11-21(39-32(48)49)15-41(14-19)31(47)38-20-7-10-25-23(12-20)29(30(36)46)40-43(25)17-27(45)42(22-8-9-22)16-26(44)37-13-18-5-4-6-24(34)28(18)35/h4-7,10,12,19,21-22,39H,8-9,11,13-17H2,1-3H3,(H2,36,46)(H,37,44)(H,38,47)(H,48,49)/p-1. The minimum Gasteiger partial charge on any atom is -0.530 e. The Morgan fingerprint density at radius 1 is 1.12 bits per heavy atom. The van der Waals surface area contributed by atoms with Gasteiger partial charge in [0.15, 0.2) is 5.69 Å². The van der Waals surface area contributed by atoms with Crippen molar-refractivity contribution >= 4 is 58.0 Å². The van der Waals surface area contributed by atoms with Crippen LogP contribution in [0.3, 0.4) is 0 Å². The monoisotopic (exact) mass is 697 g/mol. The summed E-state index contributed by atoms with van der Waals surface area (Å²) in [6.45, 7) is 5.99. The van der Waals surface area contributed by atoms with Crippen LogP contribution in [-0.4, -0.2) is 81.1 Å². The molecule has 3 aromatic rings. The van der Waals surface area contributed by atoms with E-state index in [4.69, 9.17) is 17.3 Å². The first kappa shape index (κ1) is 35.4. The van der Waals surface area contributed by atoms with E-state index in [0.717, 1.165) is 12.8 Å². The first-order chi connectivity index (χ1) is 23.1. The smallest absolute Gasteiger partial charge is 0.321 e. The summed E-state index contributed by atoms with van der Waals surface area (Å²) in [6.07, 6.45) is 0.580. The first-order valence-electron chi connectivity index (χ1n) is 15.9. The van der Waals surface area contributed by atoms with Crippen molar-refractivity contribution in [3.63, 3.8) is 0 Å². The summed E-state index contributed by atoms with van der Waals surface area (Å²) in [5.41, 5.74) is 6.28. The lowest BCUT2D eigenvalue weighted by Gasteiger charge is -2.43. The normalized spacial score (nSPS) is 17.8. The van der Waals surface area contributed by atoms with E-state index in [-0.39, 0.29) is 59.8 Å². The van der Waals surface area contributed by atoms with Crippen LogP contribution in [0.5, 0.6) is 0 Å². The van der Waals surface area contributed by atoms with Crippen LogP contribution < -0.4 is 26.8 Å². The average molecular weight is 698 g/mol. The Kier molecular flexibility index (Phi) is 10.3. The van der Waals surface area contributed by atoms with Crippen molar-refractivity contribution in [2.45, 2.75) is 65.2 Å². The van der Waals surface area contributed by atoms with Gasteiger partial charge in [0.05, 0.1) is 17.1 Å². The quantitative estimate of drug-likeness (QED) is 0.250. The Bertz CT molecular complexity index is 1790. The van der Waals surface area contributed by atoms with Crippen molar-refractivity contribution in [3.05, 3.63) is 58.5 Å². The zero-order valence-electron chi connectivity index (χ0n) is 27.4. The maximum Gasteiger partial charge on any atom is 0.321 e. The Morgan fingerprint density at radius 2 is 1.86 bits per heavy atom. The third-order valence-corrected chi connectivity index (χ3v) is 9.23. The number of likely N-dealkylation sites (tertiary alicyclic amines) is 1. The van der Waals surface area contributed by atoms with Crippen molar-refractivity contribution in [1.82, 2.24) is 30.2 Å². The molecule has 2 unspecified atom stereocenters. The second-order valence-corrected chi connectivity index (χ2v) is 14.0. The molecule has 1 aromatic heterocycles. The van der Waals surface area contributed by atoms with Crippen LogP contribution in [-0.2, 0) is 22.7 Å². The fraction of sp³-hybridized carbons (Fsp3) is 0.455. The van der Waals surface area contributed by atoms with Gasteiger partial charge in [0.1, 0.15) is 18.5 Å². The summed E-state index contributed by atoms with van der Waals surface area (Å²) in [6, 6.07) is 8.10. The van der Waals surface area contributed by atoms with Crippen molar-refractivity contribution in [1.29, 1.82) is 0 Å². The molecule has 1 saturated carbocycles. The van der Waals surface area contributed by atoms with Crippen LogP contribution in [0.4, 0.5) is 19.7 Å². The summed E-state index contributed by atoms with van der Waals surface area (Å²) in [4.78, 5) is 66.2. The molecule has 6 amide bonds. The van der Waals surface area contributed by atoms with E-state index in [9.17, 15) is 33.5 Å². The van der Waals surface area contributed by atoms with Gasteiger partial charge in [-0.3, -0.25) is 19.1 Å². The Morgan fingerprint density at radius 3 is 2.51 bits per heavy atom. The highest BCUT2D eigenvalue weighted by molar-refractivity contribution is 6.30. The van der Waals surface area contributed by atoms with Crippen LogP contribution in [0.1, 0.15) is 56.1 Å². The second-order valence-electron chi connectivity index (χ2n) is 13.6. The highest BCUT2D eigenvalue weighted by Crippen LogP contribution is 2.34. The molecule has 2 fully saturated rings. The number of carbonyl (C=O) groups excluding carboxylic acids is 5. The maximum absolute atomic E-state index is 14.3. The lowest BCUT2D eigenvalue weighted by atomic mass is 9.75. The van der Waals surface area contributed by atoms with Crippen molar-refractivity contribution in [3.8, 4) is 0 Å². The molecule has 16 heteroatoms. The molecule has 0 radical (unpaired) electrons. The molecule has 2 atom stereocenters. The van der Waals surface area contributed by atoms with E-state index in [0.29, 0.717) is 29.6 Å². The Balaban J connectivity index is 1.29. The van der Waals surface area contributed by atoms with Gasteiger partial charge in [0.2, 0.25) is 11.8 Å². The molecular weight excluding hydrogens is 659 g/mol. The van der Waals surface area contributed by atoms with Gasteiger partial charge in [-0.15, -0.1) is 0 Å². The number of hydrogen-bond donors (Lipinski definition) is 4. The molecule has 0 spiro atoms. The number of halogens is 2. The molecule has 262 valence electrons. The number of anilines is 1. The van der Waals surface area contributed by atoms with Gasteiger partial charge in [0.25, 0.3) is 5.91 Å². The average Bonchev–Trinajstić information content (AvgIpc) is 3.81. The molecule has 5 rings (SSSR count). The number of carboxylic acid groups (broad SMARTS) is 1. The largest absolute Gasteiger partial charge is 0.530 e. The summed E-state index contributed by atoms with van der Waals surface area (Å²) in [7, 11) is 0. The number of primary amides is 1. The number of piperidine rings is 1. The molecule has 2 aliphatic rings. The SMILES string of the molecule is CC(C)(C)C1CC(NC(=O)[O-])CN(C(=O)Nc2ccc3c(c2)c(C(N)=O)nn3CC(=O)N(CC(=O)NCc2cccc(Cl)c2F)C2CC2)C1. The number of hydrogen-bond acceptors (Lipinski definition) is 7. The van der Waals surface area contributed by atoms with Gasteiger partial charge in [-0.2, -0.15) is 5.10 Å². The molecule has 1 saturated heterocycles. The molecule has 2 heterocycles. The van der Waals surface area contributed by atoms with Gasteiger partial charge in [-0.1, -0.05) is 44.5 Å². The molecule has 14 nitrogen and oxygen atoms in total. The number of nitrogens with zero attached hydrogens (tertiary/aromatic N) is 4. The zero-order chi connectivity index (χ0) is 35.6. The maximum atomic E-state index is 14.3. The van der Waals surface area contributed by atoms with Crippen molar-refractivity contribution < 1.29 is 33.5 Å². The third-order valence-electron chi connectivity index (χ3n) is 8.93. The number of rotatable bonds is 10. The molecule has 1 aliphatic carbocycles. The van der Waals surface area contributed by atoms with E-state index in [1.54, 1.807) is 18.2 Å². The number of carbonyl (C=O) groups is 5. The van der Waals surface area contributed by atoms with Gasteiger partial charge < -0.3 is 41.4 Å². The van der Waals surface area contributed by atoms with Crippen LogP contribution in [0.2, 0.25) is 5.02 Å². The molecular formula is C33H39ClFN8O6-. The minimum atomic E-state index is -1.41. The van der Waals surface area contributed by atoms with Crippen LogP contribution >= 0.6 is 11.6 Å². The number of nitrogens with two attached hydrogens (primary N) is 1. The summed E-state index contributed by atoms with van der Waals surface area (Å²) >= 11 is 5.83. The fourth-order valence-corrected chi connectivity index (χ4v) is 6.24. The number of amides is 6. The minimum absolute atomic E-state index is 0.01000. The highest BCUT2D eigenvalue weighted by Gasteiger charge is 2.37. The van der Waals surface area contributed by atoms with E-state index in [1.807, 2.05) is 20.8 Å². The zero-order valence-corrected chi connectivity index (χ0v) is 28.2. The number of urea groups is 1. The Hall–Kier alpha value is -4.92. The number of nitrogens with one attached hydrogen (secondary N) is 3. The number of fused-ring (bicyclic) bond motifs is 1. The van der Waals surface area contributed by atoms with E-state index in [2.05, 4.69) is 21.0 Å². The molecule has 1 aliphatic heterocycles. The van der Waals surface area contributed by atoms with E-state index in [1.165, 1.54) is 32.7 Å². The van der Waals surface area contributed by atoms with Crippen LogP contribution in [0.25, 0.3) is 10.9 Å². The highest BCUT2D eigenvalue weighted by atomic mass is 35.5. The second kappa shape index (κ2) is 14.3. The summed E-state index contributed by atoms with van der Waals surface area (Å²) < 4.78 is 15.6. The molecule has 49 heavy (non-hydrogen) atoms. The number of aromatic nitrogens is 2. The van der Waals surface area contributed by atoms with E-state index >= 15 is 0 Å². The van der Waals surface area contributed by atoms with Gasteiger partial charge in [-0.05, 0) is 54.9 Å². The molecule has 2 aromatic carbocycles. The van der Waals surface area contributed by atoms with Crippen LogP contribution in [0.15, 0.2) is 36.4 Å². The number of benzene rings is 2. The fourth-order valence-electron chi connectivity index (χ4n) is 6.04. The summed E-state index contributed by atoms with van der Waals surface area (Å²) in [5.74, 6) is -2.35. The van der Waals surface area contributed by atoms with Gasteiger partial charge >= 0.3 is 6.03 Å². The predicted molar refractivity (Wildman–Crippen MR) is 177 cm³/mol. The van der Waals surface area contributed by atoms with Gasteiger partial charge in [-0.25, -0.2) is 9.18 Å².